The molecule has 0 saturated carbocycles. The molecule has 0 radical (unpaired) electrons. The molecule has 0 atom stereocenters. The van der Waals surface area contributed by atoms with Crippen molar-refractivity contribution in [3.8, 4) is 11.1 Å². The quantitative estimate of drug-likeness (QED) is 0.439. The normalized spacial score (nSPS) is 11.6. The van der Waals surface area contributed by atoms with Crippen LogP contribution in [0, 0.1) is 6.92 Å². The summed E-state index contributed by atoms with van der Waals surface area (Å²) in [7, 11) is 0. The molecule has 0 unspecified atom stereocenters. The van der Waals surface area contributed by atoms with Crippen LogP contribution in [0.25, 0.3) is 22.2 Å². The van der Waals surface area contributed by atoms with E-state index in [9.17, 15) is 18.0 Å². The molecule has 0 fully saturated rings. The predicted octanol–water partition coefficient (Wildman–Crippen LogP) is 4.75. The van der Waals surface area contributed by atoms with Crippen molar-refractivity contribution in [3.05, 3.63) is 65.9 Å². The lowest BCUT2D eigenvalue weighted by Crippen LogP contribution is -2.31. The van der Waals surface area contributed by atoms with Gasteiger partial charge in [-0.2, -0.15) is 18.3 Å². The average molecular weight is 426 g/mol. The summed E-state index contributed by atoms with van der Waals surface area (Å²) in [5, 5.41) is 7.44. The van der Waals surface area contributed by atoms with Crippen LogP contribution in [-0.4, -0.2) is 21.2 Å². The number of aromatic amines is 1. The number of H-pyrrole nitrogens is 1. The number of rotatable bonds is 3. The Bertz CT molecular complexity index is 1280. The molecule has 10 heteroatoms. The van der Waals surface area contributed by atoms with E-state index in [0.29, 0.717) is 22.5 Å². The lowest BCUT2D eigenvalue weighted by Gasteiger charge is -2.22. The maximum atomic E-state index is 13.1. The first-order chi connectivity index (χ1) is 14.6. The third-order valence-corrected chi connectivity index (χ3v) is 4.77. The van der Waals surface area contributed by atoms with Crippen LogP contribution in [0.3, 0.4) is 0 Å². The number of halogens is 3. The van der Waals surface area contributed by atoms with Crippen LogP contribution in [-0.2, 0) is 6.18 Å². The number of amides is 2. The zero-order valence-electron chi connectivity index (χ0n) is 16.2. The fourth-order valence-electron chi connectivity index (χ4n) is 3.41. The zero-order valence-corrected chi connectivity index (χ0v) is 16.2. The van der Waals surface area contributed by atoms with Gasteiger partial charge < -0.3 is 11.5 Å². The molecule has 4 rings (SSSR count). The number of hydrogen-bond acceptors (Lipinski definition) is 4. The number of aromatic nitrogens is 3. The van der Waals surface area contributed by atoms with Crippen molar-refractivity contribution in [3.63, 3.8) is 0 Å². The molecule has 31 heavy (non-hydrogen) atoms. The number of nitrogens with one attached hydrogen (secondary N) is 1. The number of alkyl halides is 3. The summed E-state index contributed by atoms with van der Waals surface area (Å²) >= 11 is 0. The predicted molar refractivity (Wildman–Crippen MR) is 112 cm³/mol. The Balaban J connectivity index is 1.77. The number of nitrogens with zero attached hydrogens (tertiary/aromatic N) is 3. The van der Waals surface area contributed by atoms with E-state index in [1.54, 1.807) is 24.3 Å². The minimum atomic E-state index is -4.54. The van der Waals surface area contributed by atoms with Crippen LogP contribution >= 0.6 is 0 Å². The number of nitrogen functional groups attached to an aromatic ring is 1. The van der Waals surface area contributed by atoms with Gasteiger partial charge >= 0.3 is 12.2 Å². The number of primary amides is 1. The number of hydrogen-bond donors (Lipinski definition) is 3. The second kappa shape index (κ2) is 7.31. The van der Waals surface area contributed by atoms with Gasteiger partial charge in [-0.05, 0) is 54.4 Å². The Morgan fingerprint density at radius 2 is 1.77 bits per heavy atom. The highest BCUT2D eigenvalue weighted by Crippen LogP contribution is 2.36. The van der Waals surface area contributed by atoms with Crippen molar-refractivity contribution in [2.45, 2.75) is 13.1 Å². The standard InChI is InChI=1S/C21H17F3N6O/c1-11-9-16(17-18(25)28-29-19(17)27-11)12-5-7-14(8-6-12)30(20(26)31)15-4-2-3-13(10-15)21(22,23)24/h2-10H,1H3,(H2,26,31)(H3,25,27,28,29). The van der Waals surface area contributed by atoms with Gasteiger partial charge in [0.1, 0.15) is 5.82 Å². The lowest BCUT2D eigenvalue weighted by atomic mass is 10.0. The Morgan fingerprint density at radius 3 is 2.42 bits per heavy atom. The van der Waals surface area contributed by atoms with Gasteiger partial charge in [0.05, 0.1) is 22.3 Å². The molecule has 2 heterocycles. The zero-order chi connectivity index (χ0) is 22.3. The van der Waals surface area contributed by atoms with Gasteiger partial charge in [-0.25, -0.2) is 9.78 Å². The molecule has 0 aliphatic rings. The van der Waals surface area contributed by atoms with Crippen LogP contribution in [0.1, 0.15) is 11.3 Å². The fraction of sp³-hybridized carbons (Fsp3) is 0.0952. The van der Waals surface area contributed by atoms with Crippen molar-refractivity contribution < 1.29 is 18.0 Å². The maximum Gasteiger partial charge on any atom is 0.416 e. The summed E-state index contributed by atoms with van der Waals surface area (Å²) in [5.41, 5.74) is 13.7. The summed E-state index contributed by atoms with van der Waals surface area (Å²) < 4.78 is 39.3. The third kappa shape index (κ3) is 3.75. The summed E-state index contributed by atoms with van der Waals surface area (Å²) in [6, 6.07) is 12.0. The molecule has 4 aromatic rings. The number of pyridine rings is 1. The van der Waals surface area contributed by atoms with Gasteiger partial charge in [0.15, 0.2) is 5.65 Å². The van der Waals surface area contributed by atoms with E-state index >= 15 is 0 Å². The number of anilines is 3. The lowest BCUT2D eigenvalue weighted by molar-refractivity contribution is -0.137. The van der Waals surface area contributed by atoms with Gasteiger partial charge in [0.2, 0.25) is 0 Å². The molecule has 158 valence electrons. The Morgan fingerprint density at radius 1 is 1.06 bits per heavy atom. The number of nitrogens with two attached hydrogens (primary N) is 2. The number of carbonyl (C=O) groups is 1. The van der Waals surface area contributed by atoms with Crippen molar-refractivity contribution in [2.24, 2.45) is 5.73 Å². The van der Waals surface area contributed by atoms with E-state index in [1.807, 2.05) is 13.0 Å². The summed E-state index contributed by atoms with van der Waals surface area (Å²) in [5.74, 6) is 0.365. The van der Waals surface area contributed by atoms with Crippen molar-refractivity contribution in [1.82, 2.24) is 15.2 Å². The second-order valence-electron chi connectivity index (χ2n) is 6.92. The van der Waals surface area contributed by atoms with E-state index in [2.05, 4.69) is 15.2 Å². The van der Waals surface area contributed by atoms with E-state index in [4.69, 9.17) is 11.5 Å². The van der Waals surface area contributed by atoms with E-state index < -0.39 is 17.8 Å². The Labute approximate surface area is 174 Å². The first-order valence-corrected chi connectivity index (χ1v) is 9.13. The average Bonchev–Trinajstić information content (AvgIpc) is 3.08. The van der Waals surface area contributed by atoms with Gasteiger partial charge in [0.25, 0.3) is 0 Å². The molecule has 2 amide bonds. The smallest absolute Gasteiger partial charge is 0.383 e. The van der Waals surface area contributed by atoms with Crippen molar-refractivity contribution in [2.75, 3.05) is 10.6 Å². The molecule has 7 nitrogen and oxygen atoms in total. The minimum absolute atomic E-state index is 0.0105. The van der Waals surface area contributed by atoms with E-state index in [0.717, 1.165) is 33.9 Å². The van der Waals surface area contributed by atoms with Gasteiger partial charge in [-0.1, -0.05) is 18.2 Å². The largest absolute Gasteiger partial charge is 0.416 e. The summed E-state index contributed by atoms with van der Waals surface area (Å²) in [6.07, 6.45) is -4.54. The molecule has 0 bridgehead atoms. The highest BCUT2D eigenvalue weighted by molar-refractivity contribution is 6.01. The molecule has 0 spiro atoms. The Kier molecular flexibility index (Phi) is 4.77. The summed E-state index contributed by atoms with van der Waals surface area (Å²) in [4.78, 5) is 17.4. The number of aryl methyl sites for hydroxylation is 1. The Hall–Kier alpha value is -4.08. The first kappa shape index (κ1) is 20.2. The number of carbonyl (C=O) groups excluding carboxylic acids is 1. The van der Waals surface area contributed by atoms with Crippen LogP contribution in [0.15, 0.2) is 54.6 Å². The summed E-state index contributed by atoms with van der Waals surface area (Å²) in [6.45, 7) is 1.82. The SMILES string of the molecule is Cc1cc(-c2ccc(N(C(N)=O)c3cccc(C(F)(F)F)c3)cc2)c2c(N)[nH]nc2n1. The number of fused-ring (bicyclic) bond motifs is 1. The molecule has 2 aromatic carbocycles. The fourth-order valence-corrected chi connectivity index (χ4v) is 3.41. The molecule has 0 aliphatic carbocycles. The highest BCUT2D eigenvalue weighted by atomic mass is 19.4. The molecule has 2 aromatic heterocycles. The molecule has 0 saturated heterocycles. The van der Waals surface area contributed by atoms with Crippen LogP contribution in [0.4, 0.5) is 35.2 Å². The minimum Gasteiger partial charge on any atom is -0.383 e. The molecule has 5 N–H and O–H groups in total. The number of benzene rings is 2. The molecular weight excluding hydrogens is 409 g/mol. The van der Waals surface area contributed by atoms with Crippen LogP contribution < -0.4 is 16.4 Å². The topological polar surface area (TPSA) is 114 Å². The monoisotopic (exact) mass is 426 g/mol. The van der Waals surface area contributed by atoms with Gasteiger partial charge in [-0.3, -0.25) is 10.00 Å². The van der Waals surface area contributed by atoms with Gasteiger partial charge in [0, 0.05) is 5.69 Å². The number of urea groups is 1. The van der Waals surface area contributed by atoms with Crippen LogP contribution in [0.2, 0.25) is 0 Å². The highest BCUT2D eigenvalue weighted by Gasteiger charge is 2.31. The molecule has 0 aliphatic heterocycles. The maximum absolute atomic E-state index is 13.1. The third-order valence-electron chi connectivity index (χ3n) is 4.77. The van der Waals surface area contributed by atoms with E-state index in [-0.39, 0.29) is 5.69 Å². The molecular formula is C21H17F3N6O. The van der Waals surface area contributed by atoms with Crippen LogP contribution in [0.5, 0.6) is 0 Å². The first-order valence-electron chi connectivity index (χ1n) is 9.13. The van der Waals surface area contributed by atoms with Crippen molar-refractivity contribution in [1.29, 1.82) is 0 Å². The van der Waals surface area contributed by atoms with Gasteiger partial charge in [-0.15, -0.1) is 0 Å². The van der Waals surface area contributed by atoms with Crippen molar-refractivity contribution >= 4 is 34.3 Å². The van der Waals surface area contributed by atoms with E-state index in [1.165, 1.54) is 12.1 Å². The second-order valence-corrected chi connectivity index (χ2v) is 6.92.